The molecule has 0 aromatic carbocycles. The van der Waals surface area contributed by atoms with Gasteiger partial charge in [0, 0.05) is 37.4 Å². The molecule has 2 amide bonds. The number of hydrogen-bond acceptors (Lipinski definition) is 6. The Morgan fingerprint density at radius 1 is 1.19 bits per heavy atom. The summed E-state index contributed by atoms with van der Waals surface area (Å²) in [5.41, 5.74) is 0. The van der Waals surface area contributed by atoms with Crippen molar-refractivity contribution in [1.82, 2.24) is 19.9 Å². The minimum absolute atomic E-state index is 0.0178. The zero-order chi connectivity index (χ0) is 18.3. The van der Waals surface area contributed by atoms with Crippen LogP contribution in [0.2, 0.25) is 0 Å². The number of amides is 2. The second-order valence-electron chi connectivity index (χ2n) is 6.98. The van der Waals surface area contributed by atoms with Gasteiger partial charge < -0.3 is 14.3 Å². The van der Waals surface area contributed by atoms with Gasteiger partial charge >= 0.3 is 0 Å². The van der Waals surface area contributed by atoms with Crippen LogP contribution in [0.4, 0.5) is 0 Å². The van der Waals surface area contributed by atoms with Crippen molar-refractivity contribution in [2.24, 2.45) is 5.92 Å². The van der Waals surface area contributed by atoms with Crippen LogP contribution in [-0.2, 0) is 9.59 Å². The summed E-state index contributed by atoms with van der Waals surface area (Å²) in [4.78, 5) is 34.6. The first-order chi connectivity index (χ1) is 12.5. The van der Waals surface area contributed by atoms with Crippen LogP contribution in [0, 0.1) is 12.8 Å². The monoisotopic (exact) mass is 374 g/mol. The molecule has 2 aliphatic rings. The lowest BCUT2D eigenvalue weighted by atomic mass is 9.91. The highest BCUT2D eigenvalue weighted by molar-refractivity contribution is 7.15. The van der Waals surface area contributed by atoms with Crippen molar-refractivity contribution >= 4 is 23.2 Å². The highest BCUT2D eigenvalue weighted by atomic mass is 32.1. The normalized spacial score (nSPS) is 20.9. The molecule has 0 saturated carbocycles. The third-order valence-corrected chi connectivity index (χ3v) is 6.28. The lowest BCUT2D eigenvalue weighted by molar-refractivity contribution is -0.148. The van der Waals surface area contributed by atoms with Gasteiger partial charge in [-0.15, -0.1) is 11.3 Å². The standard InChI is InChI=1S/C18H22N4O3S/c1-11-3-4-15(26-11)16-19-17(25-20-16)14-7-10-22(14)18(24)13-5-8-21(9-6-13)12(2)23/h3-4,13-14H,5-10H2,1-2H3. The van der Waals surface area contributed by atoms with E-state index in [1.54, 1.807) is 18.3 Å². The summed E-state index contributed by atoms with van der Waals surface area (Å²) < 4.78 is 5.45. The van der Waals surface area contributed by atoms with Gasteiger partial charge in [0.1, 0.15) is 6.04 Å². The Balaban J connectivity index is 1.41. The Morgan fingerprint density at radius 2 is 1.96 bits per heavy atom. The molecule has 4 rings (SSSR count). The van der Waals surface area contributed by atoms with E-state index in [0.717, 1.165) is 30.7 Å². The second-order valence-corrected chi connectivity index (χ2v) is 8.27. The molecule has 26 heavy (non-hydrogen) atoms. The Labute approximate surface area is 156 Å². The predicted octanol–water partition coefficient (Wildman–Crippen LogP) is 2.64. The molecule has 0 aliphatic carbocycles. The number of hydrogen-bond donors (Lipinski definition) is 0. The molecule has 4 heterocycles. The molecule has 2 aliphatic heterocycles. The van der Waals surface area contributed by atoms with Gasteiger partial charge in [0.05, 0.1) is 4.88 Å². The van der Waals surface area contributed by atoms with E-state index in [9.17, 15) is 9.59 Å². The summed E-state index contributed by atoms with van der Waals surface area (Å²) in [6, 6.07) is 3.90. The fourth-order valence-corrected chi connectivity index (χ4v) is 4.40. The van der Waals surface area contributed by atoms with Crippen LogP contribution in [0.5, 0.6) is 0 Å². The van der Waals surface area contributed by atoms with E-state index in [0.29, 0.717) is 24.8 Å². The molecule has 0 spiro atoms. The van der Waals surface area contributed by atoms with Crippen LogP contribution in [0.1, 0.15) is 43.0 Å². The molecular weight excluding hydrogens is 352 g/mol. The van der Waals surface area contributed by atoms with Gasteiger partial charge in [0.25, 0.3) is 0 Å². The van der Waals surface area contributed by atoms with Crippen LogP contribution in [0.3, 0.4) is 0 Å². The van der Waals surface area contributed by atoms with Crippen molar-refractivity contribution in [3.8, 4) is 10.7 Å². The predicted molar refractivity (Wildman–Crippen MR) is 96.4 cm³/mol. The molecule has 2 aromatic heterocycles. The number of carbonyl (C=O) groups is 2. The second kappa shape index (κ2) is 6.83. The van der Waals surface area contributed by atoms with Gasteiger partial charge in [-0.25, -0.2) is 0 Å². The van der Waals surface area contributed by atoms with E-state index in [2.05, 4.69) is 10.1 Å². The van der Waals surface area contributed by atoms with E-state index >= 15 is 0 Å². The number of carbonyl (C=O) groups excluding carboxylic acids is 2. The third-order valence-electron chi connectivity index (χ3n) is 5.28. The number of aryl methyl sites for hydroxylation is 1. The molecule has 0 N–H and O–H groups in total. The molecule has 2 fully saturated rings. The summed E-state index contributed by atoms with van der Waals surface area (Å²) >= 11 is 1.63. The Bertz CT molecular complexity index is 822. The van der Waals surface area contributed by atoms with Gasteiger partial charge in [0.2, 0.25) is 23.5 Å². The van der Waals surface area contributed by atoms with Crippen LogP contribution < -0.4 is 0 Å². The Morgan fingerprint density at radius 3 is 2.54 bits per heavy atom. The summed E-state index contributed by atoms with van der Waals surface area (Å²) in [6.45, 7) is 5.67. The Hall–Kier alpha value is -2.22. The molecule has 8 heteroatoms. The number of thiophene rings is 1. The summed E-state index contributed by atoms with van der Waals surface area (Å²) in [6.07, 6.45) is 2.31. The van der Waals surface area contributed by atoms with Crippen molar-refractivity contribution in [3.05, 3.63) is 22.9 Å². The molecular formula is C18H22N4O3S. The van der Waals surface area contributed by atoms with Gasteiger partial charge in [0.15, 0.2) is 0 Å². The topological polar surface area (TPSA) is 79.5 Å². The maximum absolute atomic E-state index is 12.9. The quantitative estimate of drug-likeness (QED) is 0.825. The first-order valence-electron chi connectivity index (χ1n) is 8.99. The van der Waals surface area contributed by atoms with Crippen molar-refractivity contribution < 1.29 is 14.1 Å². The first kappa shape index (κ1) is 17.2. The van der Waals surface area contributed by atoms with Gasteiger partial charge in [-0.2, -0.15) is 4.98 Å². The van der Waals surface area contributed by atoms with Crippen molar-refractivity contribution in [2.45, 2.75) is 39.2 Å². The Kier molecular flexibility index (Phi) is 4.52. The van der Waals surface area contributed by atoms with Crippen molar-refractivity contribution in [2.75, 3.05) is 19.6 Å². The smallest absolute Gasteiger partial charge is 0.249 e. The number of likely N-dealkylation sites (tertiary alicyclic amines) is 2. The third kappa shape index (κ3) is 3.13. The summed E-state index contributed by atoms with van der Waals surface area (Å²) in [7, 11) is 0. The van der Waals surface area contributed by atoms with Gasteiger partial charge in [-0.1, -0.05) is 5.16 Å². The fraction of sp³-hybridized carbons (Fsp3) is 0.556. The maximum atomic E-state index is 12.9. The SMILES string of the molecule is CC(=O)N1CCC(C(=O)N2CCC2c2nc(-c3ccc(C)s3)no2)CC1. The van der Waals surface area contributed by atoms with E-state index in [4.69, 9.17) is 4.52 Å². The van der Waals surface area contributed by atoms with Gasteiger partial charge in [-0.3, -0.25) is 9.59 Å². The highest BCUT2D eigenvalue weighted by Gasteiger charge is 2.41. The minimum Gasteiger partial charge on any atom is -0.343 e. The molecule has 1 unspecified atom stereocenters. The molecule has 2 saturated heterocycles. The molecule has 7 nitrogen and oxygen atoms in total. The average molecular weight is 374 g/mol. The lowest BCUT2D eigenvalue weighted by Crippen LogP contribution is -2.50. The van der Waals surface area contributed by atoms with E-state index in [1.807, 2.05) is 28.9 Å². The molecule has 0 bridgehead atoms. The number of nitrogens with zero attached hydrogens (tertiary/aromatic N) is 4. The summed E-state index contributed by atoms with van der Waals surface area (Å²) in [5.74, 6) is 1.32. The zero-order valence-corrected chi connectivity index (χ0v) is 15.8. The van der Waals surface area contributed by atoms with Crippen LogP contribution in [0.15, 0.2) is 16.7 Å². The number of piperidine rings is 1. The van der Waals surface area contributed by atoms with Crippen LogP contribution in [0.25, 0.3) is 10.7 Å². The average Bonchev–Trinajstić information content (AvgIpc) is 3.23. The van der Waals surface area contributed by atoms with Crippen molar-refractivity contribution in [3.63, 3.8) is 0 Å². The molecule has 138 valence electrons. The fourth-order valence-electron chi connectivity index (χ4n) is 3.61. The van der Waals surface area contributed by atoms with Gasteiger partial charge in [-0.05, 0) is 38.3 Å². The van der Waals surface area contributed by atoms with Crippen LogP contribution >= 0.6 is 11.3 Å². The maximum Gasteiger partial charge on any atom is 0.249 e. The zero-order valence-electron chi connectivity index (χ0n) is 15.0. The highest BCUT2D eigenvalue weighted by Crippen LogP contribution is 2.36. The van der Waals surface area contributed by atoms with E-state index in [1.165, 1.54) is 4.88 Å². The van der Waals surface area contributed by atoms with E-state index < -0.39 is 0 Å². The number of aromatic nitrogens is 2. The van der Waals surface area contributed by atoms with E-state index in [-0.39, 0.29) is 23.8 Å². The molecule has 0 radical (unpaired) electrons. The molecule has 2 aromatic rings. The minimum atomic E-state index is -0.115. The van der Waals surface area contributed by atoms with Crippen LogP contribution in [-0.4, -0.2) is 51.4 Å². The summed E-state index contributed by atoms with van der Waals surface area (Å²) in [5, 5.41) is 4.08. The number of rotatable bonds is 3. The molecule has 1 atom stereocenters. The first-order valence-corrected chi connectivity index (χ1v) is 9.81. The van der Waals surface area contributed by atoms with Crippen molar-refractivity contribution in [1.29, 1.82) is 0 Å². The largest absolute Gasteiger partial charge is 0.343 e. The lowest BCUT2D eigenvalue weighted by Gasteiger charge is -2.42.